The third-order valence-corrected chi connectivity index (χ3v) is 4.75. The van der Waals surface area contributed by atoms with Crippen molar-refractivity contribution in [2.45, 2.75) is 0 Å². The van der Waals surface area contributed by atoms with Crippen molar-refractivity contribution in [3.63, 3.8) is 0 Å². The van der Waals surface area contributed by atoms with Gasteiger partial charge in [0.1, 0.15) is 5.75 Å². The Balaban J connectivity index is 2.74. The Hall–Kier alpha value is -0.440. The fraction of sp³-hybridized carbons (Fsp3) is 0.250. The van der Waals surface area contributed by atoms with Crippen LogP contribution in [0.1, 0.15) is 0 Å². The highest BCUT2D eigenvalue weighted by Crippen LogP contribution is 2.57. The molecule has 3 nitrogen and oxygen atoms in total. The Morgan fingerprint density at radius 3 is 2.38 bits per heavy atom. The van der Waals surface area contributed by atoms with Crippen molar-refractivity contribution in [1.82, 2.24) is 0 Å². The fourth-order valence-corrected chi connectivity index (χ4v) is 2.37. The van der Waals surface area contributed by atoms with Gasteiger partial charge in [0.15, 0.2) is 0 Å². The summed E-state index contributed by atoms with van der Waals surface area (Å²) < 4.78 is 21.6. The van der Waals surface area contributed by atoms with Crippen molar-refractivity contribution >= 4 is 18.2 Å². The zero-order valence-corrected chi connectivity index (χ0v) is 9.18. The highest BCUT2D eigenvalue weighted by atomic mass is 32.7. The third kappa shape index (κ3) is 3.07. The van der Waals surface area contributed by atoms with E-state index in [0.29, 0.717) is 5.75 Å². The highest BCUT2D eigenvalue weighted by Gasteiger charge is 2.22. The maximum absolute atomic E-state index is 11.6. The summed E-state index contributed by atoms with van der Waals surface area (Å²) in [6.45, 7) is -2.99. The van der Waals surface area contributed by atoms with Crippen molar-refractivity contribution in [3.05, 3.63) is 30.3 Å². The molecule has 0 saturated carbocycles. The van der Waals surface area contributed by atoms with Crippen molar-refractivity contribution in [2.75, 3.05) is 13.4 Å². The molecule has 0 aliphatic heterocycles. The summed E-state index contributed by atoms with van der Waals surface area (Å²) in [5.74, 6) is 0.557. The van der Waals surface area contributed by atoms with Gasteiger partial charge in [-0.2, -0.15) is 0 Å². The monoisotopic (exact) mass is 218 g/mol. The second-order valence-corrected chi connectivity index (χ2v) is 6.46. The van der Waals surface area contributed by atoms with Crippen LogP contribution >= 0.6 is 18.2 Å². The van der Waals surface area contributed by atoms with Crippen LogP contribution in [-0.4, -0.2) is 13.4 Å². The Morgan fingerprint density at radius 2 is 1.92 bits per heavy atom. The summed E-state index contributed by atoms with van der Waals surface area (Å²) in [5, 5.41) is 0. The fourth-order valence-electron chi connectivity index (χ4n) is 0.760. The summed E-state index contributed by atoms with van der Waals surface area (Å²) in [5.41, 5.74) is 0. The number of hydrogen-bond donors (Lipinski definition) is 0. The quantitative estimate of drug-likeness (QED) is 0.727. The zero-order chi connectivity index (χ0) is 9.73. The first-order valence-electron chi connectivity index (χ1n) is 3.66. The standard InChI is InChI=1S/C8H11O3PS/c1-10-12(9,13-2)11-8-6-4-3-5-7-8/h3-7H,1-2H3. The van der Waals surface area contributed by atoms with Crippen LogP contribution in [0.5, 0.6) is 5.75 Å². The van der Waals surface area contributed by atoms with E-state index in [1.807, 2.05) is 18.2 Å². The van der Waals surface area contributed by atoms with Gasteiger partial charge >= 0.3 is 6.80 Å². The predicted octanol–water partition coefficient (Wildman–Crippen LogP) is 3.18. The van der Waals surface area contributed by atoms with Gasteiger partial charge in [-0.1, -0.05) is 18.2 Å². The molecule has 1 atom stereocenters. The first-order chi connectivity index (χ1) is 6.20. The maximum Gasteiger partial charge on any atom is 0.439 e. The normalized spacial score (nSPS) is 14.9. The SMILES string of the molecule is COP(=O)(Oc1ccccc1)SC. The molecule has 0 saturated heterocycles. The molecule has 0 aliphatic carbocycles. The van der Waals surface area contributed by atoms with Gasteiger partial charge in [-0.3, -0.25) is 4.52 Å². The van der Waals surface area contributed by atoms with Crippen LogP contribution in [0.3, 0.4) is 0 Å². The average Bonchev–Trinajstić information content (AvgIpc) is 2.19. The van der Waals surface area contributed by atoms with Crippen molar-refractivity contribution in [2.24, 2.45) is 0 Å². The molecule has 0 heterocycles. The maximum atomic E-state index is 11.6. The van der Waals surface area contributed by atoms with Crippen molar-refractivity contribution < 1.29 is 13.6 Å². The molecule has 13 heavy (non-hydrogen) atoms. The van der Waals surface area contributed by atoms with Gasteiger partial charge < -0.3 is 4.52 Å². The second kappa shape index (κ2) is 4.70. The van der Waals surface area contributed by atoms with Gasteiger partial charge in [0.25, 0.3) is 0 Å². The second-order valence-electron chi connectivity index (χ2n) is 2.22. The largest absolute Gasteiger partial charge is 0.439 e. The zero-order valence-electron chi connectivity index (χ0n) is 7.47. The molecule has 0 radical (unpaired) electrons. The topological polar surface area (TPSA) is 35.5 Å². The van der Waals surface area contributed by atoms with Crippen LogP contribution in [-0.2, 0) is 9.09 Å². The highest BCUT2D eigenvalue weighted by molar-refractivity contribution is 8.54. The van der Waals surface area contributed by atoms with E-state index in [0.717, 1.165) is 11.4 Å². The van der Waals surface area contributed by atoms with E-state index < -0.39 is 6.80 Å². The van der Waals surface area contributed by atoms with E-state index >= 15 is 0 Å². The predicted molar refractivity (Wildman–Crippen MR) is 55.2 cm³/mol. The molecule has 1 unspecified atom stereocenters. The number of benzene rings is 1. The van der Waals surface area contributed by atoms with Crippen LogP contribution < -0.4 is 4.52 Å². The van der Waals surface area contributed by atoms with E-state index in [9.17, 15) is 4.57 Å². The smallest absolute Gasteiger partial charge is 0.417 e. The summed E-state index contributed by atoms with van der Waals surface area (Å²) >= 11 is 1.08. The summed E-state index contributed by atoms with van der Waals surface area (Å²) in [6, 6.07) is 8.97. The first-order valence-corrected chi connectivity index (χ1v) is 7.03. The molecular formula is C8H11O3PS. The van der Waals surface area contributed by atoms with E-state index in [4.69, 9.17) is 9.05 Å². The summed E-state index contributed by atoms with van der Waals surface area (Å²) in [4.78, 5) is 0. The van der Waals surface area contributed by atoms with Gasteiger partial charge in [-0.05, 0) is 29.8 Å². The lowest BCUT2D eigenvalue weighted by Gasteiger charge is -2.13. The molecule has 5 heteroatoms. The van der Waals surface area contributed by atoms with Gasteiger partial charge in [0, 0.05) is 7.11 Å². The van der Waals surface area contributed by atoms with E-state index in [2.05, 4.69) is 0 Å². The lowest BCUT2D eigenvalue weighted by molar-refractivity contribution is 0.342. The van der Waals surface area contributed by atoms with E-state index in [1.54, 1.807) is 18.4 Å². The van der Waals surface area contributed by atoms with Gasteiger partial charge in [-0.25, -0.2) is 4.57 Å². The molecule has 72 valence electrons. The Morgan fingerprint density at radius 1 is 1.31 bits per heavy atom. The minimum absolute atomic E-state index is 0.557. The Labute approximate surface area is 81.7 Å². The Kier molecular flexibility index (Phi) is 3.85. The van der Waals surface area contributed by atoms with Crippen molar-refractivity contribution in [1.29, 1.82) is 0 Å². The molecule has 0 aliphatic rings. The van der Waals surface area contributed by atoms with E-state index in [1.165, 1.54) is 7.11 Å². The minimum Gasteiger partial charge on any atom is -0.417 e. The average molecular weight is 218 g/mol. The van der Waals surface area contributed by atoms with Crippen LogP contribution in [0.2, 0.25) is 0 Å². The molecule has 0 bridgehead atoms. The first kappa shape index (κ1) is 10.6. The van der Waals surface area contributed by atoms with Gasteiger partial charge in [-0.15, -0.1) is 0 Å². The number of hydrogen-bond acceptors (Lipinski definition) is 4. The lowest BCUT2D eigenvalue weighted by Crippen LogP contribution is -1.90. The van der Waals surface area contributed by atoms with E-state index in [-0.39, 0.29) is 0 Å². The summed E-state index contributed by atoms with van der Waals surface area (Å²) in [6.07, 6.45) is 1.69. The molecule has 0 N–H and O–H groups in total. The van der Waals surface area contributed by atoms with Crippen molar-refractivity contribution in [3.8, 4) is 5.75 Å². The van der Waals surface area contributed by atoms with Gasteiger partial charge in [0.05, 0.1) is 0 Å². The molecule has 1 aromatic carbocycles. The van der Waals surface area contributed by atoms with Crippen LogP contribution in [0.25, 0.3) is 0 Å². The third-order valence-electron chi connectivity index (χ3n) is 1.41. The molecule has 0 aromatic heterocycles. The van der Waals surface area contributed by atoms with Crippen LogP contribution in [0.15, 0.2) is 30.3 Å². The molecular weight excluding hydrogens is 207 g/mol. The molecule has 0 amide bonds. The molecule has 1 aromatic rings. The van der Waals surface area contributed by atoms with Gasteiger partial charge in [0.2, 0.25) is 0 Å². The minimum atomic E-state index is -2.99. The number of para-hydroxylation sites is 1. The van der Waals surface area contributed by atoms with Crippen LogP contribution in [0.4, 0.5) is 0 Å². The number of rotatable bonds is 4. The molecule has 1 rings (SSSR count). The van der Waals surface area contributed by atoms with Crippen LogP contribution in [0, 0.1) is 0 Å². The summed E-state index contributed by atoms with van der Waals surface area (Å²) in [7, 11) is 1.38. The Bertz CT molecular complexity index is 294. The lowest BCUT2D eigenvalue weighted by atomic mass is 10.3. The molecule has 0 spiro atoms. The molecule has 0 fully saturated rings.